The number of carbonyl (C=O) groups excluding carboxylic acids is 3. The normalized spacial score (nSPS) is 22.2. The van der Waals surface area contributed by atoms with Crippen molar-refractivity contribution >= 4 is 17.8 Å². The quantitative estimate of drug-likeness (QED) is 0.746. The molecule has 2 aliphatic rings. The van der Waals surface area contributed by atoms with Crippen LogP contribution in [0.3, 0.4) is 0 Å². The van der Waals surface area contributed by atoms with Crippen LogP contribution in [0.1, 0.15) is 31.7 Å². The Morgan fingerprint density at radius 1 is 1.11 bits per heavy atom. The molecule has 0 spiro atoms. The summed E-state index contributed by atoms with van der Waals surface area (Å²) in [5.41, 5.74) is -0.295. The molecule has 2 aliphatic heterocycles. The SMILES string of the molecule is COc1ccc(C[C@]2(C)NC(=O)N(CC(=O)N3CCCCC3)C2=O)cc1OC. The summed E-state index contributed by atoms with van der Waals surface area (Å²) < 4.78 is 10.5. The molecule has 8 nitrogen and oxygen atoms in total. The van der Waals surface area contributed by atoms with Gasteiger partial charge < -0.3 is 19.7 Å². The summed E-state index contributed by atoms with van der Waals surface area (Å²) in [6.07, 6.45) is 3.31. The minimum atomic E-state index is -1.11. The van der Waals surface area contributed by atoms with E-state index in [1.165, 1.54) is 0 Å². The number of methoxy groups -OCH3 is 2. The molecular formula is C20H27N3O5. The zero-order valence-electron chi connectivity index (χ0n) is 16.6. The van der Waals surface area contributed by atoms with Crippen LogP contribution in [0.15, 0.2) is 18.2 Å². The largest absolute Gasteiger partial charge is 0.493 e. The average Bonchev–Trinajstić information content (AvgIpc) is 2.91. The van der Waals surface area contributed by atoms with Gasteiger partial charge in [0, 0.05) is 19.5 Å². The van der Waals surface area contributed by atoms with Crippen molar-refractivity contribution in [2.75, 3.05) is 33.9 Å². The summed E-state index contributed by atoms with van der Waals surface area (Å²) in [6.45, 7) is 2.83. The van der Waals surface area contributed by atoms with Crippen molar-refractivity contribution < 1.29 is 23.9 Å². The predicted molar refractivity (Wildman–Crippen MR) is 102 cm³/mol. The molecule has 1 aromatic rings. The van der Waals surface area contributed by atoms with Gasteiger partial charge in [-0.05, 0) is 43.9 Å². The number of rotatable bonds is 6. The number of hydrogen-bond acceptors (Lipinski definition) is 5. The van der Waals surface area contributed by atoms with Crippen LogP contribution >= 0.6 is 0 Å². The Morgan fingerprint density at radius 3 is 2.43 bits per heavy atom. The fourth-order valence-electron chi connectivity index (χ4n) is 3.79. The Kier molecular flexibility index (Phi) is 5.76. The molecule has 1 aromatic carbocycles. The smallest absolute Gasteiger partial charge is 0.325 e. The molecule has 3 rings (SSSR count). The van der Waals surface area contributed by atoms with Gasteiger partial charge in [0.2, 0.25) is 5.91 Å². The molecule has 152 valence electrons. The molecule has 0 aliphatic carbocycles. The molecule has 0 saturated carbocycles. The number of likely N-dealkylation sites (tertiary alicyclic amines) is 1. The van der Waals surface area contributed by atoms with Gasteiger partial charge >= 0.3 is 6.03 Å². The number of carbonyl (C=O) groups is 3. The first-order valence-corrected chi connectivity index (χ1v) is 9.51. The number of amides is 4. The van der Waals surface area contributed by atoms with Crippen LogP contribution in [0.4, 0.5) is 4.79 Å². The lowest BCUT2D eigenvalue weighted by Gasteiger charge is -2.28. The van der Waals surface area contributed by atoms with Crippen LogP contribution < -0.4 is 14.8 Å². The number of urea groups is 1. The van der Waals surface area contributed by atoms with Crippen LogP contribution in [0.2, 0.25) is 0 Å². The van der Waals surface area contributed by atoms with Gasteiger partial charge in [-0.2, -0.15) is 0 Å². The first-order valence-electron chi connectivity index (χ1n) is 9.51. The Balaban J connectivity index is 1.71. The van der Waals surface area contributed by atoms with Crippen molar-refractivity contribution in [1.82, 2.24) is 15.1 Å². The molecule has 0 unspecified atom stereocenters. The fourth-order valence-corrected chi connectivity index (χ4v) is 3.79. The summed E-state index contributed by atoms with van der Waals surface area (Å²) in [5, 5.41) is 2.75. The second-order valence-electron chi connectivity index (χ2n) is 7.46. The van der Waals surface area contributed by atoms with Crippen molar-refractivity contribution in [2.24, 2.45) is 0 Å². The van der Waals surface area contributed by atoms with E-state index >= 15 is 0 Å². The van der Waals surface area contributed by atoms with Crippen LogP contribution in [0.25, 0.3) is 0 Å². The number of imide groups is 1. The Labute approximate surface area is 164 Å². The van der Waals surface area contributed by atoms with Crippen LogP contribution in [0.5, 0.6) is 11.5 Å². The Morgan fingerprint density at radius 2 is 1.79 bits per heavy atom. The highest BCUT2D eigenvalue weighted by molar-refractivity contribution is 6.08. The van der Waals surface area contributed by atoms with E-state index in [1.54, 1.807) is 38.2 Å². The minimum Gasteiger partial charge on any atom is -0.493 e. The number of nitrogens with one attached hydrogen (secondary N) is 1. The summed E-state index contributed by atoms with van der Waals surface area (Å²) in [7, 11) is 3.09. The zero-order chi connectivity index (χ0) is 20.3. The van der Waals surface area contributed by atoms with Crippen molar-refractivity contribution in [1.29, 1.82) is 0 Å². The van der Waals surface area contributed by atoms with E-state index in [-0.39, 0.29) is 18.9 Å². The molecule has 0 aromatic heterocycles. The molecule has 1 atom stereocenters. The highest BCUT2D eigenvalue weighted by Crippen LogP contribution is 2.30. The highest BCUT2D eigenvalue weighted by Gasteiger charge is 2.48. The van der Waals surface area contributed by atoms with Crippen LogP contribution in [-0.2, 0) is 16.0 Å². The minimum absolute atomic E-state index is 0.182. The summed E-state index contributed by atoms with van der Waals surface area (Å²) in [6, 6.07) is 4.84. The van der Waals surface area contributed by atoms with Gasteiger partial charge in [0.15, 0.2) is 11.5 Å². The second-order valence-corrected chi connectivity index (χ2v) is 7.46. The molecule has 4 amide bonds. The topological polar surface area (TPSA) is 88.2 Å². The lowest BCUT2D eigenvalue weighted by atomic mass is 9.92. The predicted octanol–water partition coefficient (Wildman–Crippen LogP) is 1.57. The Hall–Kier alpha value is -2.77. The standard InChI is InChI=1S/C20H27N3O5/c1-20(12-14-7-8-15(27-2)16(11-14)28-3)18(25)23(19(26)21-20)13-17(24)22-9-5-4-6-10-22/h7-8,11H,4-6,9-10,12-13H2,1-3H3,(H,21,26)/t20-/m0/s1. The molecule has 8 heteroatoms. The van der Waals surface area contributed by atoms with Crippen LogP contribution in [-0.4, -0.2) is 67.0 Å². The first-order chi connectivity index (χ1) is 13.4. The van der Waals surface area contributed by atoms with Gasteiger partial charge in [-0.15, -0.1) is 0 Å². The maximum atomic E-state index is 13.0. The van der Waals surface area contributed by atoms with E-state index in [0.717, 1.165) is 29.7 Å². The molecule has 0 radical (unpaired) electrons. The molecule has 2 saturated heterocycles. The first kappa shape index (κ1) is 20.0. The van der Waals surface area contributed by atoms with Gasteiger partial charge in [0.1, 0.15) is 12.1 Å². The van der Waals surface area contributed by atoms with Gasteiger partial charge in [0.05, 0.1) is 14.2 Å². The van der Waals surface area contributed by atoms with Crippen LogP contribution in [0, 0.1) is 0 Å². The lowest BCUT2D eigenvalue weighted by molar-refractivity contribution is -0.139. The maximum Gasteiger partial charge on any atom is 0.325 e. The van der Waals surface area contributed by atoms with E-state index in [1.807, 2.05) is 6.07 Å². The molecule has 0 bridgehead atoms. The number of piperidine rings is 1. The lowest BCUT2D eigenvalue weighted by Crippen LogP contribution is -2.47. The summed E-state index contributed by atoms with van der Waals surface area (Å²) >= 11 is 0. The van der Waals surface area contributed by atoms with E-state index < -0.39 is 17.5 Å². The fraction of sp³-hybridized carbons (Fsp3) is 0.550. The van der Waals surface area contributed by atoms with E-state index in [0.29, 0.717) is 24.6 Å². The average molecular weight is 389 g/mol. The summed E-state index contributed by atoms with van der Waals surface area (Å²) in [5.74, 6) is 0.570. The third kappa shape index (κ3) is 3.90. The molecular weight excluding hydrogens is 362 g/mol. The van der Waals surface area contributed by atoms with Gasteiger partial charge in [-0.3, -0.25) is 14.5 Å². The zero-order valence-corrected chi connectivity index (χ0v) is 16.6. The van der Waals surface area contributed by atoms with Crippen molar-refractivity contribution in [3.8, 4) is 11.5 Å². The Bertz CT molecular complexity index is 775. The number of hydrogen-bond donors (Lipinski definition) is 1. The second kappa shape index (κ2) is 8.08. The monoisotopic (exact) mass is 389 g/mol. The third-order valence-corrected chi connectivity index (χ3v) is 5.35. The van der Waals surface area contributed by atoms with Crippen molar-refractivity contribution in [3.05, 3.63) is 23.8 Å². The summed E-state index contributed by atoms with van der Waals surface area (Å²) in [4.78, 5) is 40.6. The third-order valence-electron chi connectivity index (χ3n) is 5.35. The molecule has 2 heterocycles. The molecule has 2 fully saturated rings. The number of benzene rings is 1. The van der Waals surface area contributed by atoms with Gasteiger partial charge in [-0.1, -0.05) is 6.07 Å². The van der Waals surface area contributed by atoms with E-state index in [9.17, 15) is 14.4 Å². The number of ether oxygens (including phenoxy) is 2. The molecule has 1 N–H and O–H groups in total. The maximum absolute atomic E-state index is 13.0. The van der Waals surface area contributed by atoms with E-state index in [4.69, 9.17) is 9.47 Å². The van der Waals surface area contributed by atoms with Gasteiger partial charge in [-0.25, -0.2) is 4.79 Å². The van der Waals surface area contributed by atoms with Crippen molar-refractivity contribution in [3.63, 3.8) is 0 Å². The number of nitrogens with zero attached hydrogens (tertiary/aromatic N) is 2. The molecule has 28 heavy (non-hydrogen) atoms. The van der Waals surface area contributed by atoms with E-state index in [2.05, 4.69) is 5.32 Å². The highest BCUT2D eigenvalue weighted by atomic mass is 16.5. The van der Waals surface area contributed by atoms with Gasteiger partial charge in [0.25, 0.3) is 5.91 Å². The van der Waals surface area contributed by atoms with Crippen molar-refractivity contribution in [2.45, 2.75) is 38.1 Å².